The molecule has 0 spiro atoms. The Hall–Kier alpha value is -2.47. The fraction of sp³-hybridized carbons (Fsp3) is 0.429. The number of benzene rings is 1. The Labute approximate surface area is 170 Å². The lowest BCUT2D eigenvalue weighted by molar-refractivity contribution is 0.0598. The monoisotopic (exact) mass is 400 g/mol. The standard InChI is InChI=1S/C21H25ClN4O2/c1-13-10-15-7-6-14(2)24-12-16(15)11-17(13)26(20(27)28-21(3,4)5)18-8-9-23-19(22)25-18/h8-12,14H,6-7H2,1-5H3. The average molecular weight is 401 g/mol. The number of amides is 1. The van der Waals surface area contributed by atoms with Crippen molar-refractivity contribution in [3.8, 4) is 0 Å². The number of carbonyl (C=O) groups is 1. The van der Waals surface area contributed by atoms with E-state index in [1.807, 2.05) is 40.0 Å². The number of rotatable bonds is 2. The third-order valence-corrected chi connectivity index (χ3v) is 4.60. The molecule has 148 valence electrons. The van der Waals surface area contributed by atoms with E-state index in [4.69, 9.17) is 16.3 Å². The number of anilines is 2. The van der Waals surface area contributed by atoms with Crippen molar-refractivity contribution in [1.82, 2.24) is 9.97 Å². The molecule has 2 heterocycles. The van der Waals surface area contributed by atoms with Crippen LogP contribution in [0.15, 0.2) is 29.4 Å². The van der Waals surface area contributed by atoms with Gasteiger partial charge in [-0.05, 0) is 81.8 Å². The lowest BCUT2D eigenvalue weighted by Gasteiger charge is -2.28. The number of aliphatic imine (C=N–C) groups is 1. The zero-order chi connectivity index (χ0) is 20.5. The Morgan fingerprint density at radius 1 is 1.32 bits per heavy atom. The highest BCUT2D eigenvalue weighted by atomic mass is 35.5. The summed E-state index contributed by atoms with van der Waals surface area (Å²) in [7, 11) is 0. The van der Waals surface area contributed by atoms with Crippen LogP contribution in [-0.4, -0.2) is 33.9 Å². The van der Waals surface area contributed by atoms with Crippen LogP contribution in [0.4, 0.5) is 16.3 Å². The molecule has 3 rings (SSSR count). The van der Waals surface area contributed by atoms with Gasteiger partial charge < -0.3 is 4.74 Å². The van der Waals surface area contributed by atoms with E-state index < -0.39 is 11.7 Å². The van der Waals surface area contributed by atoms with Gasteiger partial charge in [-0.15, -0.1) is 0 Å². The van der Waals surface area contributed by atoms with E-state index >= 15 is 0 Å². The molecule has 2 aromatic rings. The topological polar surface area (TPSA) is 67.7 Å². The highest BCUT2D eigenvalue weighted by Gasteiger charge is 2.28. The summed E-state index contributed by atoms with van der Waals surface area (Å²) in [6.45, 7) is 9.56. The van der Waals surface area contributed by atoms with E-state index in [9.17, 15) is 4.79 Å². The quantitative estimate of drug-likeness (QED) is 0.644. The molecule has 7 heteroatoms. The van der Waals surface area contributed by atoms with Gasteiger partial charge in [0.1, 0.15) is 11.4 Å². The highest BCUT2D eigenvalue weighted by molar-refractivity contribution is 6.28. The lowest BCUT2D eigenvalue weighted by Crippen LogP contribution is -2.34. The predicted octanol–water partition coefficient (Wildman–Crippen LogP) is 5.27. The zero-order valence-corrected chi connectivity index (χ0v) is 17.6. The summed E-state index contributed by atoms with van der Waals surface area (Å²) in [5, 5.41) is 0.0638. The first kappa shape index (κ1) is 20.3. The summed E-state index contributed by atoms with van der Waals surface area (Å²) in [6.07, 6.45) is 4.83. The first-order valence-electron chi connectivity index (χ1n) is 9.32. The summed E-state index contributed by atoms with van der Waals surface area (Å²) in [4.78, 5) is 27.2. The number of aromatic nitrogens is 2. The number of fused-ring (bicyclic) bond motifs is 1. The van der Waals surface area contributed by atoms with Gasteiger partial charge in [0.05, 0.1) is 5.69 Å². The van der Waals surface area contributed by atoms with E-state index in [0.717, 1.165) is 24.0 Å². The number of aryl methyl sites for hydroxylation is 2. The Morgan fingerprint density at radius 3 is 2.75 bits per heavy atom. The molecular formula is C21H25ClN4O2. The van der Waals surface area contributed by atoms with Crippen LogP contribution in [0.2, 0.25) is 5.28 Å². The third kappa shape index (κ3) is 4.68. The number of ether oxygens (including phenoxy) is 1. The van der Waals surface area contributed by atoms with Gasteiger partial charge in [0.2, 0.25) is 5.28 Å². The molecule has 0 N–H and O–H groups in total. The van der Waals surface area contributed by atoms with Crippen molar-refractivity contribution >= 4 is 35.4 Å². The van der Waals surface area contributed by atoms with Crippen molar-refractivity contribution < 1.29 is 9.53 Å². The van der Waals surface area contributed by atoms with Crippen molar-refractivity contribution in [2.24, 2.45) is 4.99 Å². The average Bonchev–Trinajstić information content (AvgIpc) is 2.76. The molecule has 1 atom stereocenters. The summed E-state index contributed by atoms with van der Waals surface area (Å²) < 4.78 is 5.64. The fourth-order valence-electron chi connectivity index (χ4n) is 3.07. The molecule has 0 aliphatic carbocycles. The van der Waals surface area contributed by atoms with Gasteiger partial charge in [-0.1, -0.05) is 6.07 Å². The molecular weight excluding hydrogens is 376 g/mol. The largest absolute Gasteiger partial charge is 0.443 e. The normalized spacial score (nSPS) is 16.3. The van der Waals surface area contributed by atoms with Crippen LogP contribution in [0.1, 0.15) is 50.8 Å². The second-order valence-electron chi connectivity index (χ2n) is 8.00. The van der Waals surface area contributed by atoms with Gasteiger partial charge >= 0.3 is 6.09 Å². The number of halogens is 1. The van der Waals surface area contributed by atoms with E-state index in [0.29, 0.717) is 11.5 Å². The van der Waals surface area contributed by atoms with Crippen LogP contribution in [0, 0.1) is 6.92 Å². The van der Waals surface area contributed by atoms with Crippen LogP contribution in [-0.2, 0) is 11.2 Å². The summed E-state index contributed by atoms with van der Waals surface area (Å²) in [6, 6.07) is 5.98. The molecule has 0 radical (unpaired) electrons. The molecule has 0 bridgehead atoms. The van der Waals surface area contributed by atoms with Gasteiger partial charge in [0, 0.05) is 24.5 Å². The molecule has 1 aromatic heterocycles. The van der Waals surface area contributed by atoms with Crippen LogP contribution in [0.3, 0.4) is 0 Å². The van der Waals surface area contributed by atoms with Crippen molar-refractivity contribution in [2.45, 2.75) is 59.1 Å². The molecule has 1 aliphatic rings. The van der Waals surface area contributed by atoms with Gasteiger partial charge in [-0.3, -0.25) is 4.99 Å². The number of hydrogen-bond donors (Lipinski definition) is 0. The van der Waals surface area contributed by atoms with Crippen LogP contribution >= 0.6 is 11.6 Å². The molecule has 6 nitrogen and oxygen atoms in total. The smallest absolute Gasteiger partial charge is 0.420 e. The molecule has 1 aromatic carbocycles. The fourth-order valence-corrected chi connectivity index (χ4v) is 3.21. The Morgan fingerprint density at radius 2 is 2.07 bits per heavy atom. The molecule has 1 amide bonds. The minimum absolute atomic E-state index is 0.0638. The second-order valence-corrected chi connectivity index (χ2v) is 8.34. The van der Waals surface area contributed by atoms with Crippen molar-refractivity contribution in [2.75, 3.05) is 4.90 Å². The van der Waals surface area contributed by atoms with Crippen molar-refractivity contribution in [3.05, 3.63) is 46.4 Å². The SMILES string of the molecule is Cc1cc2c(cc1N(C(=O)OC(C)(C)C)c1ccnc(Cl)n1)C=NC(C)CC2. The highest BCUT2D eigenvalue weighted by Crippen LogP contribution is 2.32. The Bertz CT molecular complexity index is 921. The van der Waals surface area contributed by atoms with Crippen molar-refractivity contribution in [1.29, 1.82) is 0 Å². The summed E-state index contributed by atoms with van der Waals surface area (Å²) in [5.74, 6) is 0.358. The van der Waals surface area contributed by atoms with Crippen LogP contribution in [0.25, 0.3) is 0 Å². The predicted molar refractivity (Wildman–Crippen MR) is 112 cm³/mol. The molecule has 0 saturated carbocycles. The van der Waals surface area contributed by atoms with E-state index in [1.165, 1.54) is 16.7 Å². The minimum Gasteiger partial charge on any atom is -0.443 e. The molecule has 28 heavy (non-hydrogen) atoms. The minimum atomic E-state index is -0.650. The summed E-state index contributed by atoms with van der Waals surface area (Å²) in [5.41, 5.74) is 3.20. The molecule has 1 aliphatic heterocycles. The van der Waals surface area contributed by atoms with Crippen LogP contribution < -0.4 is 4.90 Å². The van der Waals surface area contributed by atoms with Gasteiger partial charge in [-0.2, -0.15) is 4.98 Å². The lowest BCUT2D eigenvalue weighted by atomic mass is 9.98. The first-order chi connectivity index (χ1) is 13.1. The maximum atomic E-state index is 13.1. The van der Waals surface area contributed by atoms with E-state index in [-0.39, 0.29) is 11.3 Å². The zero-order valence-electron chi connectivity index (χ0n) is 16.9. The summed E-state index contributed by atoms with van der Waals surface area (Å²) >= 11 is 5.98. The van der Waals surface area contributed by atoms with Crippen molar-refractivity contribution in [3.63, 3.8) is 0 Å². The first-order valence-corrected chi connectivity index (χ1v) is 9.70. The number of hydrogen-bond acceptors (Lipinski definition) is 5. The van der Waals surface area contributed by atoms with E-state index in [1.54, 1.807) is 6.07 Å². The van der Waals surface area contributed by atoms with E-state index in [2.05, 4.69) is 28.0 Å². The maximum absolute atomic E-state index is 13.1. The van der Waals surface area contributed by atoms with Crippen LogP contribution in [0.5, 0.6) is 0 Å². The van der Waals surface area contributed by atoms with Gasteiger partial charge in [0.25, 0.3) is 0 Å². The number of carbonyl (C=O) groups excluding carboxylic acids is 1. The van der Waals surface area contributed by atoms with Gasteiger partial charge in [0.15, 0.2) is 0 Å². The number of nitrogens with zero attached hydrogens (tertiary/aromatic N) is 4. The third-order valence-electron chi connectivity index (χ3n) is 4.41. The molecule has 0 fully saturated rings. The molecule has 1 unspecified atom stereocenters. The Balaban J connectivity index is 2.12. The maximum Gasteiger partial charge on any atom is 0.420 e. The van der Waals surface area contributed by atoms with Gasteiger partial charge in [-0.25, -0.2) is 14.7 Å². The Kier molecular flexibility index (Phi) is 5.70. The molecule has 0 saturated heterocycles. The second kappa shape index (κ2) is 7.87.